The maximum absolute atomic E-state index is 9.50. The van der Waals surface area contributed by atoms with Gasteiger partial charge in [-0.25, -0.2) is 4.98 Å². The molecular formula is C13H14ClN3O. The molecule has 2 heterocycles. The second kappa shape index (κ2) is 4.72. The molecule has 5 heteroatoms. The zero-order chi connectivity index (χ0) is 12.5. The van der Waals surface area contributed by atoms with Gasteiger partial charge in [0.15, 0.2) is 0 Å². The molecule has 1 aliphatic heterocycles. The van der Waals surface area contributed by atoms with Gasteiger partial charge in [0.1, 0.15) is 5.82 Å². The number of aliphatic hydroxyl groups is 1. The summed E-state index contributed by atoms with van der Waals surface area (Å²) in [6.07, 6.45) is 2.21. The summed E-state index contributed by atoms with van der Waals surface area (Å²) < 4.78 is 0. The molecule has 1 saturated heterocycles. The number of imidazole rings is 1. The minimum atomic E-state index is -0.283. The molecular weight excluding hydrogens is 250 g/mol. The summed E-state index contributed by atoms with van der Waals surface area (Å²) in [4.78, 5) is 7.64. The van der Waals surface area contributed by atoms with E-state index in [1.54, 1.807) is 6.20 Å². The molecule has 3 N–H and O–H groups in total. The van der Waals surface area contributed by atoms with Crippen LogP contribution in [0.25, 0.3) is 11.3 Å². The van der Waals surface area contributed by atoms with Gasteiger partial charge in [0, 0.05) is 17.1 Å². The lowest BCUT2D eigenvalue weighted by Crippen LogP contribution is -2.15. The molecule has 1 aromatic heterocycles. The fourth-order valence-electron chi connectivity index (χ4n) is 2.24. The monoisotopic (exact) mass is 263 g/mol. The highest BCUT2D eigenvalue weighted by Crippen LogP contribution is 2.25. The van der Waals surface area contributed by atoms with Crippen molar-refractivity contribution in [2.45, 2.75) is 18.6 Å². The first-order valence-corrected chi connectivity index (χ1v) is 6.32. The van der Waals surface area contributed by atoms with E-state index in [0.717, 1.165) is 17.1 Å². The first-order chi connectivity index (χ1) is 8.72. The Morgan fingerprint density at radius 2 is 2.28 bits per heavy atom. The Balaban J connectivity index is 1.85. The van der Waals surface area contributed by atoms with Crippen molar-refractivity contribution in [2.24, 2.45) is 0 Å². The largest absolute Gasteiger partial charge is 0.392 e. The molecule has 3 rings (SSSR count). The van der Waals surface area contributed by atoms with Crippen LogP contribution in [0.3, 0.4) is 0 Å². The van der Waals surface area contributed by atoms with Gasteiger partial charge in [-0.15, -0.1) is 0 Å². The van der Waals surface area contributed by atoms with Gasteiger partial charge in [0.2, 0.25) is 0 Å². The van der Waals surface area contributed by atoms with Crippen LogP contribution in [0.2, 0.25) is 5.02 Å². The van der Waals surface area contributed by atoms with Crippen LogP contribution in [0, 0.1) is 0 Å². The lowest BCUT2D eigenvalue weighted by Gasteiger charge is -2.05. The van der Waals surface area contributed by atoms with Crippen LogP contribution in [-0.4, -0.2) is 27.7 Å². The summed E-state index contributed by atoms with van der Waals surface area (Å²) in [6, 6.07) is 7.75. The Kier molecular flexibility index (Phi) is 3.07. The van der Waals surface area contributed by atoms with Crippen LogP contribution >= 0.6 is 11.6 Å². The first kappa shape index (κ1) is 11.7. The molecule has 0 radical (unpaired) electrons. The summed E-state index contributed by atoms with van der Waals surface area (Å²) in [5, 5.41) is 13.4. The van der Waals surface area contributed by atoms with Crippen LogP contribution in [-0.2, 0) is 0 Å². The number of hydrogen-bond donors (Lipinski definition) is 3. The van der Waals surface area contributed by atoms with Gasteiger partial charge in [-0.3, -0.25) is 0 Å². The van der Waals surface area contributed by atoms with E-state index >= 15 is 0 Å². The predicted octanol–water partition coefficient (Wildman–Crippen LogP) is 2.13. The zero-order valence-corrected chi connectivity index (χ0v) is 10.5. The van der Waals surface area contributed by atoms with E-state index in [9.17, 15) is 5.11 Å². The third-order valence-corrected chi connectivity index (χ3v) is 3.40. The average molecular weight is 264 g/mol. The van der Waals surface area contributed by atoms with Gasteiger partial charge >= 0.3 is 0 Å². The van der Waals surface area contributed by atoms with Crippen molar-refractivity contribution >= 4 is 11.6 Å². The first-order valence-electron chi connectivity index (χ1n) is 5.94. The Bertz CT molecular complexity index is 555. The van der Waals surface area contributed by atoms with Crippen LogP contribution < -0.4 is 5.32 Å². The zero-order valence-electron chi connectivity index (χ0n) is 9.73. The molecule has 0 saturated carbocycles. The SMILES string of the molecule is O[C@H]1CN[C@H](c2ncc(-c3cccc(Cl)c3)[nH]2)C1. The molecule has 94 valence electrons. The van der Waals surface area contributed by atoms with E-state index < -0.39 is 0 Å². The number of aromatic amines is 1. The molecule has 0 spiro atoms. The van der Waals surface area contributed by atoms with Gasteiger partial charge in [0.25, 0.3) is 0 Å². The quantitative estimate of drug-likeness (QED) is 0.778. The van der Waals surface area contributed by atoms with Crippen LogP contribution in [0.15, 0.2) is 30.5 Å². The van der Waals surface area contributed by atoms with E-state index in [4.69, 9.17) is 11.6 Å². The van der Waals surface area contributed by atoms with Crippen molar-refractivity contribution in [1.82, 2.24) is 15.3 Å². The molecule has 1 aliphatic rings. The number of aromatic nitrogens is 2. The Morgan fingerprint density at radius 1 is 1.39 bits per heavy atom. The van der Waals surface area contributed by atoms with Gasteiger partial charge in [0.05, 0.1) is 24.0 Å². The summed E-state index contributed by atoms with van der Waals surface area (Å²) in [5.74, 6) is 0.863. The molecule has 0 amide bonds. The topological polar surface area (TPSA) is 60.9 Å². The molecule has 1 fully saturated rings. The molecule has 0 aliphatic carbocycles. The van der Waals surface area contributed by atoms with E-state index in [2.05, 4.69) is 15.3 Å². The van der Waals surface area contributed by atoms with E-state index in [1.165, 1.54) is 0 Å². The maximum atomic E-state index is 9.50. The minimum Gasteiger partial charge on any atom is -0.392 e. The molecule has 0 unspecified atom stereocenters. The van der Waals surface area contributed by atoms with Gasteiger partial charge in [-0.1, -0.05) is 23.7 Å². The highest BCUT2D eigenvalue weighted by Gasteiger charge is 2.25. The van der Waals surface area contributed by atoms with E-state index in [0.29, 0.717) is 18.0 Å². The molecule has 0 bridgehead atoms. The Hall–Kier alpha value is -1.36. The molecule has 4 nitrogen and oxygen atoms in total. The summed E-state index contributed by atoms with van der Waals surface area (Å²) in [7, 11) is 0. The highest BCUT2D eigenvalue weighted by atomic mass is 35.5. The maximum Gasteiger partial charge on any atom is 0.123 e. The van der Waals surface area contributed by atoms with Gasteiger partial charge < -0.3 is 15.4 Å². The number of β-amino-alcohol motifs (C(OH)–C–C–N with tert-alkyl or cyclic N) is 1. The highest BCUT2D eigenvalue weighted by molar-refractivity contribution is 6.30. The van der Waals surface area contributed by atoms with Crippen LogP contribution in [0.4, 0.5) is 0 Å². The predicted molar refractivity (Wildman–Crippen MR) is 70.4 cm³/mol. The van der Waals surface area contributed by atoms with Crippen LogP contribution in [0.5, 0.6) is 0 Å². The standard InChI is InChI=1S/C13H14ClN3O/c14-9-3-1-2-8(4-9)12-7-16-13(17-12)11-5-10(18)6-15-11/h1-4,7,10-11,15,18H,5-6H2,(H,16,17)/t10-,11+/m1/s1. The lowest BCUT2D eigenvalue weighted by atomic mass is 10.2. The number of benzene rings is 1. The summed E-state index contributed by atoms with van der Waals surface area (Å²) in [6.45, 7) is 0.623. The smallest absolute Gasteiger partial charge is 0.123 e. The number of aliphatic hydroxyl groups excluding tert-OH is 1. The average Bonchev–Trinajstić information content (AvgIpc) is 2.97. The van der Waals surface area contributed by atoms with Crippen LogP contribution in [0.1, 0.15) is 18.3 Å². The fraction of sp³-hybridized carbons (Fsp3) is 0.308. The second-order valence-corrected chi connectivity index (χ2v) is 4.98. The number of rotatable bonds is 2. The number of nitrogens with one attached hydrogen (secondary N) is 2. The minimum absolute atomic E-state index is 0.105. The van der Waals surface area contributed by atoms with Crippen molar-refractivity contribution in [3.8, 4) is 11.3 Å². The Labute approximate surface area is 110 Å². The van der Waals surface area contributed by atoms with Gasteiger partial charge in [-0.2, -0.15) is 0 Å². The lowest BCUT2D eigenvalue weighted by molar-refractivity contribution is 0.193. The fourth-order valence-corrected chi connectivity index (χ4v) is 2.43. The summed E-state index contributed by atoms with van der Waals surface area (Å²) >= 11 is 5.97. The molecule has 2 aromatic rings. The third-order valence-electron chi connectivity index (χ3n) is 3.17. The van der Waals surface area contributed by atoms with E-state index in [-0.39, 0.29) is 12.1 Å². The molecule has 1 aromatic carbocycles. The van der Waals surface area contributed by atoms with Gasteiger partial charge in [-0.05, 0) is 18.6 Å². The Morgan fingerprint density at radius 3 is 3.00 bits per heavy atom. The number of H-pyrrole nitrogens is 1. The summed E-state index contributed by atoms with van der Waals surface area (Å²) in [5.41, 5.74) is 1.95. The van der Waals surface area contributed by atoms with Crippen molar-refractivity contribution < 1.29 is 5.11 Å². The van der Waals surface area contributed by atoms with Crippen molar-refractivity contribution in [3.63, 3.8) is 0 Å². The van der Waals surface area contributed by atoms with Crippen molar-refractivity contribution in [1.29, 1.82) is 0 Å². The van der Waals surface area contributed by atoms with Crippen molar-refractivity contribution in [2.75, 3.05) is 6.54 Å². The molecule has 2 atom stereocenters. The number of hydrogen-bond acceptors (Lipinski definition) is 3. The normalized spacial score (nSPS) is 23.4. The van der Waals surface area contributed by atoms with Crippen molar-refractivity contribution in [3.05, 3.63) is 41.3 Å². The third kappa shape index (κ3) is 2.27. The van der Waals surface area contributed by atoms with E-state index in [1.807, 2.05) is 24.3 Å². The number of halogens is 1. The molecule has 18 heavy (non-hydrogen) atoms. The second-order valence-electron chi connectivity index (χ2n) is 4.54. The number of nitrogens with zero attached hydrogens (tertiary/aromatic N) is 1.